The fraction of sp³-hybridized carbons (Fsp3) is 0.455. The van der Waals surface area contributed by atoms with Gasteiger partial charge >= 0.3 is 0 Å². The van der Waals surface area contributed by atoms with E-state index in [9.17, 15) is 4.39 Å². The zero-order valence-electron chi connectivity index (χ0n) is 8.48. The van der Waals surface area contributed by atoms with Crippen molar-refractivity contribution in [3.63, 3.8) is 0 Å². The Morgan fingerprint density at radius 3 is 2.64 bits per heavy atom. The van der Waals surface area contributed by atoms with Crippen LogP contribution in [-0.2, 0) is 5.41 Å². The summed E-state index contributed by atoms with van der Waals surface area (Å²) in [5.41, 5.74) is 6.42. The summed E-state index contributed by atoms with van der Waals surface area (Å²) in [4.78, 5) is 0. The molecular weight excluding hydrogens is 245 g/mol. The lowest BCUT2D eigenvalue weighted by Crippen LogP contribution is -2.22. The minimum atomic E-state index is -0.201. The molecule has 0 aliphatic rings. The van der Waals surface area contributed by atoms with Gasteiger partial charge in [0.1, 0.15) is 5.82 Å². The Labute approximate surface area is 92.6 Å². The molecule has 0 aliphatic heterocycles. The van der Waals surface area contributed by atoms with Gasteiger partial charge in [-0.1, -0.05) is 29.8 Å². The Morgan fingerprint density at radius 2 is 2.07 bits per heavy atom. The van der Waals surface area contributed by atoms with E-state index < -0.39 is 0 Å². The van der Waals surface area contributed by atoms with E-state index in [2.05, 4.69) is 29.8 Å². The highest BCUT2D eigenvalue weighted by molar-refractivity contribution is 9.10. The lowest BCUT2D eigenvalue weighted by molar-refractivity contribution is 0.481. The molecule has 0 unspecified atom stereocenters. The van der Waals surface area contributed by atoms with Gasteiger partial charge in [-0.3, -0.25) is 0 Å². The number of halogens is 2. The molecule has 1 aromatic rings. The summed E-state index contributed by atoms with van der Waals surface area (Å²) in [6.07, 6.45) is 0.842. The van der Waals surface area contributed by atoms with Crippen LogP contribution in [0.15, 0.2) is 22.7 Å². The molecule has 78 valence electrons. The van der Waals surface area contributed by atoms with E-state index >= 15 is 0 Å². The van der Waals surface area contributed by atoms with Crippen molar-refractivity contribution >= 4 is 15.9 Å². The number of hydrogen-bond donors (Lipinski definition) is 1. The second kappa shape index (κ2) is 4.41. The first-order valence-corrected chi connectivity index (χ1v) is 5.42. The van der Waals surface area contributed by atoms with E-state index in [1.807, 2.05) is 0 Å². The van der Waals surface area contributed by atoms with E-state index in [1.54, 1.807) is 12.1 Å². The highest BCUT2D eigenvalue weighted by Crippen LogP contribution is 2.32. The van der Waals surface area contributed by atoms with Gasteiger partial charge in [-0.2, -0.15) is 0 Å². The summed E-state index contributed by atoms with van der Waals surface area (Å²) in [6, 6.07) is 4.76. The van der Waals surface area contributed by atoms with Crippen LogP contribution < -0.4 is 5.73 Å². The molecule has 1 nitrogen and oxygen atoms in total. The third-order valence-electron chi connectivity index (χ3n) is 2.43. The Hall–Kier alpha value is -0.410. The fourth-order valence-electron chi connectivity index (χ4n) is 1.51. The van der Waals surface area contributed by atoms with Crippen molar-refractivity contribution in [2.24, 2.45) is 5.73 Å². The average Bonchev–Trinajstić information content (AvgIpc) is 2.09. The molecule has 1 rings (SSSR count). The smallest absolute Gasteiger partial charge is 0.123 e. The zero-order valence-corrected chi connectivity index (χ0v) is 10.1. The molecule has 14 heavy (non-hydrogen) atoms. The van der Waals surface area contributed by atoms with Gasteiger partial charge in [0.05, 0.1) is 0 Å². The Kier molecular flexibility index (Phi) is 3.67. The van der Waals surface area contributed by atoms with Gasteiger partial charge in [-0.05, 0) is 42.1 Å². The molecular formula is C11H15BrFN. The summed E-state index contributed by atoms with van der Waals surface area (Å²) >= 11 is 3.43. The molecule has 2 N–H and O–H groups in total. The Balaban J connectivity index is 3.10. The van der Waals surface area contributed by atoms with Crippen LogP contribution in [0.4, 0.5) is 4.39 Å². The van der Waals surface area contributed by atoms with Crippen LogP contribution in [0.1, 0.15) is 25.8 Å². The average molecular weight is 260 g/mol. The zero-order chi connectivity index (χ0) is 10.8. The Morgan fingerprint density at radius 1 is 1.43 bits per heavy atom. The first kappa shape index (κ1) is 11.7. The van der Waals surface area contributed by atoms with Gasteiger partial charge in [0.25, 0.3) is 0 Å². The van der Waals surface area contributed by atoms with Crippen molar-refractivity contribution in [2.75, 3.05) is 6.54 Å². The molecule has 0 radical (unpaired) electrons. The second-order valence-electron chi connectivity index (χ2n) is 4.05. The van der Waals surface area contributed by atoms with Crippen LogP contribution in [0, 0.1) is 5.82 Å². The van der Waals surface area contributed by atoms with Gasteiger partial charge < -0.3 is 5.73 Å². The second-order valence-corrected chi connectivity index (χ2v) is 4.90. The lowest BCUT2D eigenvalue weighted by Gasteiger charge is -2.25. The minimum absolute atomic E-state index is 0.0876. The number of rotatable bonds is 3. The molecule has 0 atom stereocenters. The standard InChI is InChI=1S/C11H15BrFN/c1-11(2,5-6-14)9-7-8(13)3-4-10(9)12/h3-4,7H,5-6,14H2,1-2H3. The maximum Gasteiger partial charge on any atom is 0.123 e. The van der Waals surface area contributed by atoms with Crippen LogP contribution in [-0.4, -0.2) is 6.54 Å². The fourth-order valence-corrected chi connectivity index (χ4v) is 2.29. The highest BCUT2D eigenvalue weighted by atomic mass is 79.9. The monoisotopic (exact) mass is 259 g/mol. The molecule has 0 fully saturated rings. The van der Waals surface area contributed by atoms with Gasteiger partial charge in [0.15, 0.2) is 0 Å². The van der Waals surface area contributed by atoms with Crippen molar-refractivity contribution in [1.29, 1.82) is 0 Å². The van der Waals surface area contributed by atoms with Gasteiger partial charge in [0, 0.05) is 4.47 Å². The quantitative estimate of drug-likeness (QED) is 0.887. The topological polar surface area (TPSA) is 26.0 Å². The van der Waals surface area contributed by atoms with Gasteiger partial charge in [-0.25, -0.2) is 4.39 Å². The largest absolute Gasteiger partial charge is 0.330 e. The molecule has 0 saturated heterocycles. The first-order chi connectivity index (χ1) is 6.47. The van der Waals surface area contributed by atoms with Crippen molar-refractivity contribution in [2.45, 2.75) is 25.7 Å². The predicted octanol–water partition coefficient (Wildman–Crippen LogP) is 3.21. The van der Waals surface area contributed by atoms with Crippen molar-refractivity contribution < 1.29 is 4.39 Å². The summed E-state index contributed by atoms with van der Waals surface area (Å²) in [6.45, 7) is 4.74. The third kappa shape index (κ3) is 2.55. The number of hydrogen-bond acceptors (Lipinski definition) is 1. The molecule has 0 aliphatic carbocycles. The SMILES string of the molecule is CC(C)(CCN)c1cc(F)ccc1Br. The molecule has 0 saturated carbocycles. The van der Waals surface area contributed by atoms with Crippen molar-refractivity contribution in [1.82, 2.24) is 0 Å². The van der Waals surface area contributed by atoms with E-state index in [-0.39, 0.29) is 11.2 Å². The molecule has 0 amide bonds. The van der Waals surface area contributed by atoms with Gasteiger partial charge in [0.2, 0.25) is 0 Å². The molecule has 1 aromatic carbocycles. The van der Waals surface area contributed by atoms with Crippen LogP contribution in [0.2, 0.25) is 0 Å². The molecule has 3 heteroatoms. The lowest BCUT2D eigenvalue weighted by atomic mass is 9.81. The summed E-state index contributed by atoms with van der Waals surface area (Å²) in [7, 11) is 0. The Bertz CT molecular complexity index is 323. The molecule has 0 spiro atoms. The van der Waals surface area contributed by atoms with E-state index in [0.717, 1.165) is 16.5 Å². The maximum atomic E-state index is 13.1. The van der Waals surface area contributed by atoms with E-state index in [1.165, 1.54) is 6.07 Å². The summed E-state index contributed by atoms with van der Waals surface area (Å²) in [5.74, 6) is -0.201. The normalized spacial score (nSPS) is 11.8. The summed E-state index contributed by atoms with van der Waals surface area (Å²) < 4.78 is 14.0. The van der Waals surface area contributed by atoms with Crippen LogP contribution in [0.3, 0.4) is 0 Å². The summed E-state index contributed by atoms with van der Waals surface area (Å²) in [5, 5.41) is 0. The van der Waals surface area contributed by atoms with E-state index in [4.69, 9.17) is 5.73 Å². The highest BCUT2D eigenvalue weighted by Gasteiger charge is 2.22. The van der Waals surface area contributed by atoms with Crippen LogP contribution in [0.25, 0.3) is 0 Å². The maximum absolute atomic E-state index is 13.1. The number of benzene rings is 1. The third-order valence-corrected chi connectivity index (χ3v) is 3.12. The molecule has 0 heterocycles. The molecule has 0 aromatic heterocycles. The molecule has 0 bridgehead atoms. The van der Waals surface area contributed by atoms with Crippen molar-refractivity contribution in [3.05, 3.63) is 34.1 Å². The van der Waals surface area contributed by atoms with Gasteiger partial charge in [-0.15, -0.1) is 0 Å². The van der Waals surface area contributed by atoms with Crippen LogP contribution >= 0.6 is 15.9 Å². The van der Waals surface area contributed by atoms with Crippen molar-refractivity contribution in [3.8, 4) is 0 Å². The van der Waals surface area contributed by atoms with E-state index in [0.29, 0.717) is 6.54 Å². The minimum Gasteiger partial charge on any atom is -0.330 e. The first-order valence-electron chi connectivity index (χ1n) is 4.63. The predicted molar refractivity (Wildman–Crippen MR) is 60.8 cm³/mol. The van der Waals surface area contributed by atoms with Crippen LogP contribution in [0.5, 0.6) is 0 Å². The number of nitrogens with two attached hydrogens (primary N) is 1.